The number of thioether (sulfide) groups is 1. The Labute approximate surface area is 156 Å². The fourth-order valence-electron chi connectivity index (χ4n) is 2.62. The maximum absolute atomic E-state index is 12.6. The van der Waals surface area contributed by atoms with E-state index in [1.807, 2.05) is 24.3 Å². The van der Waals surface area contributed by atoms with Crippen LogP contribution in [0.5, 0.6) is 0 Å². The molecule has 1 saturated heterocycles. The average molecular weight is 373 g/mol. The Morgan fingerprint density at radius 1 is 1.36 bits per heavy atom. The van der Waals surface area contributed by atoms with Gasteiger partial charge in [0.25, 0.3) is 5.91 Å². The molecule has 0 radical (unpaired) electrons. The number of amides is 1. The van der Waals surface area contributed by atoms with Gasteiger partial charge in [-0.05, 0) is 43.2 Å². The highest BCUT2D eigenvalue weighted by Crippen LogP contribution is 2.28. The molecule has 4 nitrogen and oxygen atoms in total. The number of nitrogens with zero attached hydrogens (tertiary/aromatic N) is 1. The van der Waals surface area contributed by atoms with Gasteiger partial charge in [-0.2, -0.15) is 5.26 Å². The summed E-state index contributed by atoms with van der Waals surface area (Å²) in [6, 6.07) is 14.4. The Balaban J connectivity index is 1.71. The van der Waals surface area contributed by atoms with Crippen molar-refractivity contribution >= 4 is 35.0 Å². The number of nitriles is 1. The molecule has 0 bridgehead atoms. The van der Waals surface area contributed by atoms with Gasteiger partial charge in [0.15, 0.2) is 0 Å². The summed E-state index contributed by atoms with van der Waals surface area (Å²) in [6.07, 6.45) is 2.44. The second kappa shape index (κ2) is 8.39. The molecule has 1 atom stereocenters. The number of rotatable bonds is 5. The zero-order chi connectivity index (χ0) is 17.6. The van der Waals surface area contributed by atoms with Crippen molar-refractivity contribution in [2.24, 2.45) is 0 Å². The third-order valence-corrected chi connectivity index (χ3v) is 5.45. The first-order chi connectivity index (χ1) is 12.2. The zero-order valence-electron chi connectivity index (χ0n) is 13.5. The smallest absolute Gasteiger partial charge is 0.256 e. The van der Waals surface area contributed by atoms with Crippen LogP contribution in [0.15, 0.2) is 47.4 Å². The normalized spacial score (nSPS) is 16.4. The van der Waals surface area contributed by atoms with E-state index in [0.29, 0.717) is 21.8 Å². The molecule has 1 N–H and O–H groups in total. The monoisotopic (exact) mass is 372 g/mol. The van der Waals surface area contributed by atoms with Crippen LogP contribution in [0.3, 0.4) is 0 Å². The first kappa shape index (κ1) is 17.8. The number of benzene rings is 2. The number of carbonyl (C=O) groups is 1. The van der Waals surface area contributed by atoms with Gasteiger partial charge in [0.2, 0.25) is 0 Å². The van der Waals surface area contributed by atoms with Crippen molar-refractivity contribution in [3.05, 3.63) is 58.6 Å². The quantitative estimate of drug-likeness (QED) is 0.770. The number of nitrogens with one attached hydrogen (secondary N) is 1. The van der Waals surface area contributed by atoms with Crippen LogP contribution in [0.4, 0.5) is 5.69 Å². The van der Waals surface area contributed by atoms with E-state index in [4.69, 9.17) is 21.6 Å². The lowest BCUT2D eigenvalue weighted by Gasteiger charge is -2.12. The Kier molecular flexibility index (Phi) is 5.98. The molecule has 2 aromatic rings. The third-order valence-electron chi connectivity index (χ3n) is 3.93. The number of carbonyl (C=O) groups excluding carboxylic acids is 1. The fourth-order valence-corrected chi connectivity index (χ4v) is 3.96. The van der Waals surface area contributed by atoms with Crippen LogP contribution >= 0.6 is 23.4 Å². The summed E-state index contributed by atoms with van der Waals surface area (Å²) < 4.78 is 5.64. The van der Waals surface area contributed by atoms with E-state index < -0.39 is 0 Å². The highest BCUT2D eigenvalue weighted by molar-refractivity contribution is 7.99. The molecule has 0 saturated carbocycles. The van der Waals surface area contributed by atoms with Crippen molar-refractivity contribution in [3.63, 3.8) is 0 Å². The van der Waals surface area contributed by atoms with Gasteiger partial charge >= 0.3 is 0 Å². The highest BCUT2D eigenvalue weighted by atomic mass is 35.5. The Morgan fingerprint density at radius 2 is 2.20 bits per heavy atom. The van der Waals surface area contributed by atoms with Crippen LogP contribution in [0.2, 0.25) is 5.02 Å². The number of halogens is 1. The van der Waals surface area contributed by atoms with Gasteiger partial charge in [-0.15, -0.1) is 11.8 Å². The van der Waals surface area contributed by atoms with Crippen LogP contribution < -0.4 is 5.32 Å². The molecule has 2 aromatic carbocycles. The number of anilines is 1. The van der Waals surface area contributed by atoms with Crippen molar-refractivity contribution < 1.29 is 9.53 Å². The summed E-state index contributed by atoms with van der Waals surface area (Å²) in [5.74, 6) is 0.642. The second-order valence-electron chi connectivity index (χ2n) is 5.70. The van der Waals surface area contributed by atoms with Crippen LogP contribution in [-0.2, 0) is 4.74 Å². The highest BCUT2D eigenvalue weighted by Gasteiger charge is 2.18. The van der Waals surface area contributed by atoms with Gasteiger partial charge in [0.1, 0.15) is 6.07 Å². The van der Waals surface area contributed by atoms with Crippen molar-refractivity contribution in [3.8, 4) is 6.07 Å². The molecule has 1 heterocycles. The zero-order valence-corrected chi connectivity index (χ0v) is 15.1. The molecule has 128 valence electrons. The molecule has 1 aliphatic rings. The van der Waals surface area contributed by atoms with Crippen molar-refractivity contribution in [1.29, 1.82) is 5.26 Å². The molecular weight excluding hydrogens is 356 g/mol. The molecule has 1 amide bonds. The van der Waals surface area contributed by atoms with E-state index in [9.17, 15) is 4.79 Å². The Morgan fingerprint density at radius 3 is 2.92 bits per heavy atom. The Bertz CT molecular complexity index is 813. The second-order valence-corrected chi connectivity index (χ2v) is 7.17. The standard InChI is InChI=1S/C19H17ClN2O2S/c20-17-10-14(8-7-13(17)11-21)22-19(23)16-5-1-2-6-18(16)25-12-15-4-3-9-24-15/h1-2,5-8,10,15H,3-4,9,12H2,(H,22,23)/t15-/m1/s1. The lowest BCUT2D eigenvalue weighted by molar-refractivity contribution is 0.102. The molecule has 0 spiro atoms. The summed E-state index contributed by atoms with van der Waals surface area (Å²) >= 11 is 7.66. The van der Waals surface area contributed by atoms with Crippen LogP contribution in [-0.4, -0.2) is 24.4 Å². The molecule has 1 fully saturated rings. The van der Waals surface area contributed by atoms with E-state index in [2.05, 4.69) is 5.32 Å². The molecule has 0 unspecified atom stereocenters. The first-order valence-corrected chi connectivity index (χ1v) is 9.38. The summed E-state index contributed by atoms with van der Waals surface area (Å²) in [7, 11) is 0. The maximum atomic E-state index is 12.6. The van der Waals surface area contributed by atoms with E-state index in [0.717, 1.165) is 30.1 Å². The third kappa shape index (κ3) is 4.55. The minimum atomic E-state index is -0.198. The van der Waals surface area contributed by atoms with Crippen LogP contribution in [0, 0.1) is 11.3 Å². The van der Waals surface area contributed by atoms with Crippen molar-refractivity contribution in [1.82, 2.24) is 0 Å². The van der Waals surface area contributed by atoms with Crippen LogP contribution in [0.1, 0.15) is 28.8 Å². The van der Waals surface area contributed by atoms with E-state index in [-0.39, 0.29) is 12.0 Å². The molecule has 1 aliphatic heterocycles. The van der Waals surface area contributed by atoms with Gasteiger partial charge in [0, 0.05) is 22.9 Å². The predicted octanol–water partition coefficient (Wildman–Crippen LogP) is 4.74. The maximum Gasteiger partial charge on any atom is 0.256 e. The van der Waals surface area contributed by atoms with Crippen molar-refractivity contribution in [2.75, 3.05) is 17.7 Å². The minimum absolute atomic E-state index is 0.198. The molecule has 3 rings (SSSR count). The largest absolute Gasteiger partial charge is 0.377 e. The Hall–Kier alpha value is -2.00. The predicted molar refractivity (Wildman–Crippen MR) is 100 cm³/mol. The summed E-state index contributed by atoms with van der Waals surface area (Å²) in [5.41, 5.74) is 1.56. The molecular formula is C19H17ClN2O2S. The first-order valence-electron chi connectivity index (χ1n) is 8.02. The number of hydrogen-bond donors (Lipinski definition) is 1. The lowest BCUT2D eigenvalue weighted by atomic mass is 10.2. The van der Waals surface area contributed by atoms with E-state index >= 15 is 0 Å². The summed E-state index contributed by atoms with van der Waals surface area (Å²) in [5, 5.41) is 12.1. The molecule has 0 aliphatic carbocycles. The molecule has 6 heteroatoms. The van der Waals surface area contributed by atoms with Gasteiger partial charge < -0.3 is 10.1 Å². The van der Waals surface area contributed by atoms with E-state index in [1.165, 1.54) is 0 Å². The SMILES string of the molecule is N#Cc1ccc(NC(=O)c2ccccc2SC[C@H]2CCCO2)cc1Cl. The number of ether oxygens (including phenoxy) is 1. The topological polar surface area (TPSA) is 62.1 Å². The average Bonchev–Trinajstić information content (AvgIpc) is 3.14. The van der Waals surface area contributed by atoms with E-state index in [1.54, 1.807) is 36.0 Å². The van der Waals surface area contributed by atoms with Gasteiger partial charge in [-0.25, -0.2) is 0 Å². The summed E-state index contributed by atoms with van der Waals surface area (Å²) in [4.78, 5) is 13.6. The van der Waals surface area contributed by atoms with Crippen molar-refractivity contribution in [2.45, 2.75) is 23.8 Å². The van der Waals surface area contributed by atoms with Gasteiger partial charge in [0.05, 0.1) is 22.3 Å². The van der Waals surface area contributed by atoms with Gasteiger partial charge in [-0.3, -0.25) is 4.79 Å². The van der Waals surface area contributed by atoms with Crippen LogP contribution in [0.25, 0.3) is 0 Å². The number of hydrogen-bond acceptors (Lipinski definition) is 4. The molecule has 25 heavy (non-hydrogen) atoms. The fraction of sp³-hybridized carbons (Fsp3) is 0.263. The summed E-state index contributed by atoms with van der Waals surface area (Å²) in [6.45, 7) is 0.826. The molecule has 0 aromatic heterocycles. The minimum Gasteiger partial charge on any atom is -0.377 e. The lowest BCUT2D eigenvalue weighted by Crippen LogP contribution is -2.14. The van der Waals surface area contributed by atoms with Gasteiger partial charge in [-0.1, -0.05) is 23.7 Å².